The van der Waals surface area contributed by atoms with Crippen molar-refractivity contribution in [2.24, 2.45) is 5.73 Å². The molecular weight excluding hydrogens is 434 g/mol. The zero-order chi connectivity index (χ0) is 20.6. The van der Waals surface area contributed by atoms with Gasteiger partial charge in [0.2, 0.25) is 0 Å². The van der Waals surface area contributed by atoms with Gasteiger partial charge in [-0.15, -0.1) is 0 Å². The van der Waals surface area contributed by atoms with Gasteiger partial charge in [0.15, 0.2) is 17.7 Å². The molecule has 4 rings (SSSR count). The summed E-state index contributed by atoms with van der Waals surface area (Å²) in [6.45, 7) is 5.77. The number of anilines is 1. The van der Waals surface area contributed by atoms with Crippen LogP contribution in [-0.2, 0) is 0 Å². The summed E-state index contributed by atoms with van der Waals surface area (Å²) in [6, 6.07) is 1.92. The lowest BCUT2D eigenvalue weighted by molar-refractivity contribution is -0.105. The average Bonchev–Trinajstić information content (AvgIpc) is 3.11. The van der Waals surface area contributed by atoms with Crippen molar-refractivity contribution in [2.75, 3.05) is 18.0 Å². The maximum atomic E-state index is 5.76. The van der Waals surface area contributed by atoms with E-state index in [0.717, 1.165) is 29.3 Å². The van der Waals surface area contributed by atoms with E-state index in [-0.39, 0.29) is 11.6 Å². The number of nitrogens with zero attached hydrogens (tertiary/aromatic N) is 6. The highest BCUT2D eigenvalue weighted by Crippen LogP contribution is 2.25. The fourth-order valence-electron chi connectivity index (χ4n) is 3.66. The predicted molar refractivity (Wildman–Crippen MR) is 115 cm³/mol. The number of nitrogens with one attached hydrogen (secondary N) is 1. The second-order valence-corrected chi connectivity index (χ2v) is 8.43. The second kappa shape index (κ2) is 7.53. The number of fused-ring (bicyclic) bond motifs is 1. The Balaban J connectivity index is 1.71. The molecule has 150 valence electrons. The Morgan fingerprint density at radius 2 is 2.17 bits per heavy atom. The highest BCUT2D eigenvalue weighted by atomic mass is 79.9. The lowest BCUT2D eigenvalue weighted by Crippen LogP contribution is -2.63. The molecule has 0 radical (unpaired) electrons. The fraction of sp³-hybridized carbons (Fsp3) is 0.316. The van der Waals surface area contributed by atoms with Gasteiger partial charge in [0, 0.05) is 42.8 Å². The molecule has 1 saturated heterocycles. The van der Waals surface area contributed by atoms with Gasteiger partial charge in [-0.25, -0.2) is 19.9 Å². The Kier molecular flexibility index (Phi) is 5.05. The lowest BCUT2D eigenvalue weighted by Gasteiger charge is -2.44. The minimum absolute atomic E-state index is 0.00462. The van der Waals surface area contributed by atoms with Crippen molar-refractivity contribution < 1.29 is 5.41 Å². The molecule has 4 heterocycles. The molecular formula is C19H23BrN9+. The zero-order valence-electron chi connectivity index (χ0n) is 16.2. The van der Waals surface area contributed by atoms with E-state index in [9.17, 15) is 0 Å². The summed E-state index contributed by atoms with van der Waals surface area (Å²) < 4.78 is 2.63. The quantitative estimate of drug-likeness (QED) is 0.478. The molecule has 3 aromatic heterocycles. The van der Waals surface area contributed by atoms with Crippen LogP contribution in [0.1, 0.15) is 13.8 Å². The van der Waals surface area contributed by atoms with Crippen LogP contribution in [-0.4, -0.2) is 55.2 Å². The van der Waals surface area contributed by atoms with Crippen molar-refractivity contribution in [3.8, 4) is 11.5 Å². The summed E-state index contributed by atoms with van der Waals surface area (Å²) in [6.07, 6.45) is 10.2. The van der Waals surface area contributed by atoms with Crippen LogP contribution in [0.15, 0.2) is 47.2 Å². The van der Waals surface area contributed by atoms with Crippen molar-refractivity contribution in [1.29, 1.82) is 0 Å². The topological polar surface area (TPSA) is 123 Å². The predicted octanol–water partition coefficient (Wildman–Crippen LogP) is 0.178. The number of piperazine rings is 1. The average molecular weight is 457 g/mol. The first-order valence-corrected chi connectivity index (χ1v) is 10.0. The third-order valence-electron chi connectivity index (χ3n) is 4.90. The molecule has 3 aromatic rings. The van der Waals surface area contributed by atoms with E-state index in [1.54, 1.807) is 31.0 Å². The van der Waals surface area contributed by atoms with Crippen molar-refractivity contribution in [3.63, 3.8) is 0 Å². The molecule has 0 saturated carbocycles. The van der Waals surface area contributed by atoms with Crippen molar-refractivity contribution in [1.82, 2.24) is 29.7 Å². The maximum absolute atomic E-state index is 5.76. The second-order valence-electron chi connectivity index (χ2n) is 7.61. The summed E-state index contributed by atoms with van der Waals surface area (Å²) in [5.74, 6) is 1.44. The number of halogens is 1. The molecule has 29 heavy (non-hydrogen) atoms. The molecule has 1 fully saturated rings. The van der Waals surface area contributed by atoms with Crippen LogP contribution in [0.5, 0.6) is 0 Å². The summed E-state index contributed by atoms with van der Waals surface area (Å²) in [5.41, 5.74) is 8.01. The molecule has 10 heteroatoms. The molecule has 1 atom stereocenters. The fourth-order valence-corrected chi connectivity index (χ4v) is 3.96. The minimum Gasteiger partial charge on any atom is -0.404 e. The number of imidazole rings is 1. The van der Waals surface area contributed by atoms with E-state index in [0.29, 0.717) is 17.0 Å². The van der Waals surface area contributed by atoms with Gasteiger partial charge in [-0.1, -0.05) is 0 Å². The Morgan fingerprint density at radius 3 is 2.93 bits per heavy atom. The molecule has 1 aliphatic rings. The normalized spacial score (nSPS) is 19.5. The van der Waals surface area contributed by atoms with Crippen LogP contribution in [0.2, 0.25) is 0 Å². The first kappa shape index (κ1) is 19.5. The molecule has 1 aliphatic heterocycles. The van der Waals surface area contributed by atoms with Crippen LogP contribution in [0.4, 0.5) is 5.82 Å². The van der Waals surface area contributed by atoms with E-state index in [2.05, 4.69) is 54.9 Å². The minimum atomic E-state index is -0.148. The Morgan fingerprint density at radius 1 is 1.34 bits per heavy atom. The first-order chi connectivity index (χ1) is 13.9. The Bertz CT molecular complexity index is 1090. The van der Waals surface area contributed by atoms with Crippen LogP contribution >= 0.6 is 15.9 Å². The summed E-state index contributed by atoms with van der Waals surface area (Å²) in [5, 5.41) is 9.36. The standard InChI is InChI=1S/C19H22BrN9/c1-19(2)11-28(9-13(27-19)12(5-21)6-22)16-3-4-23-18(26-16)14-7-25-17-8-24-15(20)10-29(14)17/h3-8,10,13,21,27H,9,11,22H2,1-2H3/p+1/b12-6+,21-5?. The lowest BCUT2D eigenvalue weighted by atomic mass is 9.95. The first-order valence-electron chi connectivity index (χ1n) is 9.21. The van der Waals surface area contributed by atoms with Gasteiger partial charge in [0.1, 0.15) is 16.1 Å². The van der Waals surface area contributed by atoms with Gasteiger partial charge in [-0.3, -0.25) is 9.81 Å². The van der Waals surface area contributed by atoms with E-state index in [4.69, 9.17) is 16.1 Å². The number of nitrogens with two attached hydrogens (primary N) is 2. The molecule has 1 unspecified atom stereocenters. The third-order valence-corrected chi connectivity index (χ3v) is 5.31. The molecule has 0 aliphatic carbocycles. The summed E-state index contributed by atoms with van der Waals surface area (Å²) in [7, 11) is 0. The van der Waals surface area contributed by atoms with Crippen molar-refractivity contribution in [3.05, 3.63) is 47.2 Å². The highest BCUT2D eigenvalue weighted by Gasteiger charge is 2.34. The van der Waals surface area contributed by atoms with E-state index >= 15 is 0 Å². The van der Waals surface area contributed by atoms with Gasteiger partial charge in [-0.05, 0) is 35.8 Å². The van der Waals surface area contributed by atoms with Gasteiger partial charge in [0.05, 0.1) is 18.4 Å². The maximum Gasteiger partial charge on any atom is 0.180 e. The smallest absolute Gasteiger partial charge is 0.180 e. The molecule has 9 nitrogen and oxygen atoms in total. The van der Waals surface area contributed by atoms with Crippen LogP contribution in [0, 0.1) is 0 Å². The molecule has 0 amide bonds. The van der Waals surface area contributed by atoms with Crippen molar-refractivity contribution >= 4 is 33.6 Å². The molecule has 0 bridgehead atoms. The monoisotopic (exact) mass is 456 g/mol. The van der Waals surface area contributed by atoms with Crippen LogP contribution in [0.3, 0.4) is 0 Å². The number of hydrogen-bond acceptors (Lipinski definition) is 7. The van der Waals surface area contributed by atoms with Crippen LogP contribution in [0.25, 0.3) is 17.2 Å². The largest absolute Gasteiger partial charge is 0.404 e. The SMILES string of the molecule is CC1(C)CN(c2ccnc(-c3cnc4cnc(Br)cn34)n2)CC(/C(C=[NH2+])=C/N)N1. The third kappa shape index (κ3) is 3.85. The van der Waals surface area contributed by atoms with Gasteiger partial charge < -0.3 is 16.0 Å². The van der Waals surface area contributed by atoms with E-state index < -0.39 is 0 Å². The number of rotatable bonds is 4. The Hall–Kier alpha value is -2.85. The van der Waals surface area contributed by atoms with E-state index in [1.807, 2.05) is 16.7 Å². The summed E-state index contributed by atoms with van der Waals surface area (Å²) >= 11 is 3.40. The van der Waals surface area contributed by atoms with E-state index in [1.165, 1.54) is 0 Å². The molecule has 0 spiro atoms. The van der Waals surface area contributed by atoms with Gasteiger partial charge >= 0.3 is 0 Å². The van der Waals surface area contributed by atoms with Crippen molar-refractivity contribution in [2.45, 2.75) is 25.4 Å². The zero-order valence-corrected chi connectivity index (χ0v) is 17.8. The number of aromatic nitrogens is 5. The molecule has 5 N–H and O–H groups in total. The molecule has 0 aromatic carbocycles. The Labute approximate surface area is 176 Å². The summed E-state index contributed by atoms with van der Waals surface area (Å²) in [4.78, 5) is 20.1. The van der Waals surface area contributed by atoms with Gasteiger partial charge in [-0.2, -0.15) is 0 Å². The highest BCUT2D eigenvalue weighted by molar-refractivity contribution is 9.10. The van der Waals surface area contributed by atoms with Crippen LogP contribution < -0.4 is 21.4 Å². The number of hydrogen-bond donors (Lipinski definition) is 3. The van der Waals surface area contributed by atoms with Gasteiger partial charge in [0.25, 0.3) is 0 Å².